The van der Waals surface area contributed by atoms with E-state index < -0.39 is 71.8 Å². The number of hydrogen-bond donors (Lipinski definition) is 6. The van der Waals surface area contributed by atoms with Crippen LogP contribution in [0.5, 0.6) is 23.0 Å². The van der Waals surface area contributed by atoms with E-state index >= 15 is 0 Å². The van der Waals surface area contributed by atoms with Crippen LogP contribution in [0, 0.1) is 13.8 Å². The summed E-state index contributed by atoms with van der Waals surface area (Å²) < 4.78 is 62.7. The molecular weight excluding hydrogens is 1130 g/mol. The predicted molar refractivity (Wildman–Crippen MR) is 310 cm³/mol. The van der Waals surface area contributed by atoms with Crippen molar-refractivity contribution in [3.8, 4) is 23.0 Å². The van der Waals surface area contributed by atoms with E-state index in [-0.39, 0.29) is 76.5 Å². The van der Waals surface area contributed by atoms with Crippen molar-refractivity contribution >= 4 is 107 Å². The molecule has 2 unspecified atom stereocenters. The molecule has 0 saturated heterocycles. The van der Waals surface area contributed by atoms with Gasteiger partial charge in [-0.05, 0) is 134 Å². The highest BCUT2D eigenvalue weighted by Crippen LogP contribution is 2.40. The summed E-state index contributed by atoms with van der Waals surface area (Å²) in [7, 11) is -6.69. The average molecular weight is 1190 g/mol. The van der Waals surface area contributed by atoms with E-state index in [4.69, 9.17) is 39.5 Å². The molecule has 2 atom stereocenters. The molecule has 418 valence electrons. The van der Waals surface area contributed by atoms with E-state index in [1.807, 2.05) is 12.1 Å². The average Bonchev–Trinajstić information content (AvgIpc) is 3.48. The van der Waals surface area contributed by atoms with Crippen molar-refractivity contribution in [2.24, 2.45) is 0 Å². The molecule has 0 radical (unpaired) electrons. The Morgan fingerprint density at radius 3 is 1.69 bits per heavy atom. The molecule has 22 heteroatoms. The molecule has 0 aliphatic heterocycles. The SMILES string of the molecule is CCC(C(=O)Nc1cc(O)c(NC(=O)c2ccc(Cl)c(Cl)c2)cc1Cl)S(=O)(=O)c1cccc(C)c1.CCC(C)c1ccc(Oc2cc(NC(=O)c3ccc(C(=O)OC)cc3)c(O)cc2NC(=O)CS(=O)(=O)c2cccc(C)c2)cc1. The number of hydrogen-bond acceptors (Lipinski definition) is 13. The fraction of sp³-hybridized carbons (Fsp3) is 0.190. The van der Waals surface area contributed by atoms with Gasteiger partial charge in [0, 0.05) is 29.3 Å². The lowest BCUT2D eigenvalue weighted by Gasteiger charge is -2.18. The molecule has 0 saturated carbocycles. The Morgan fingerprint density at radius 2 is 1.11 bits per heavy atom. The second kappa shape index (κ2) is 26.8. The Morgan fingerprint density at radius 1 is 0.562 bits per heavy atom. The number of esters is 1. The number of methoxy groups -OCH3 is 1. The van der Waals surface area contributed by atoms with Gasteiger partial charge in [0.05, 0.1) is 60.3 Å². The van der Waals surface area contributed by atoms with E-state index in [9.17, 15) is 51.0 Å². The van der Waals surface area contributed by atoms with Crippen LogP contribution in [0.25, 0.3) is 0 Å². The molecule has 7 aromatic rings. The number of nitrogens with one attached hydrogen (secondary N) is 4. The smallest absolute Gasteiger partial charge is 0.337 e. The lowest BCUT2D eigenvalue weighted by molar-refractivity contribution is -0.116. The van der Waals surface area contributed by atoms with Gasteiger partial charge in [0.25, 0.3) is 11.8 Å². The molecule has 0 aromatic heterocycles. The number of benzene rings is 7. The third-order valence-corrected chi connectivity index (χ3v) is 17.2. The first kappa shape index (κ1) is 61.3. The van der Waals surface area contributed by atoms with Crippen LogP contribution in [0.2, 0.25) is 15.1 Å². The fourth-order valence-electron chi connectivity index (χ4n) is 7.70. The van der Waals surface area contributed by atoms with Gasteiger partial charge in [-0.2, -0.15) is 0 Å². The first-order valence-corrected chi connectivity index (χ1v) is 28.8. The fourth-order valence-corrected chi connectivity index (χ4v) is 11.2. The van der Waals surface area contributed by atoms with E-state index in [0.717, 1.165) is 35.2 Å². The molecule has 7 aromatic carbocycles. The standard InChI is InChI=1S/C34H34N2O8S.C24H21Cl3N2O5S/c1-5-22(3)23-13-15-26(16-14-23)44-31-19-28(36-33(39)24-9-11-25(12-10-24)34(40)43-4)30(37)18-29(31)35-32(38)20-45(41,42)27-8-6-7-21(2)17-27;1-3-22(35(33,34)15-6-4-5-13(2)9-15)24(32)28-19-12-21(30)20(11-18(19)27)29-23(31)14-7-8-16(25)17(26)10-14/h6-19,22,37H,5,20H2,1-4H3,(H,35,38)(H,36,39);4-12,22,30H,3H2,1-2H3,(H,28,32)(H,29,31). The molecule has 80 heavy (non-hydrogen) atoms. The highest BCUT2D eigenvalue weighted by Gasteiger charge is 2.33. The first-order chi connectivity index (χ1) is 37.8. The number of phenols is 2. The molecule has 4 amide bonds. The van der Waals surface area contributed by atoms with Gasteiger partial charge in [0.15, 0.2) is 25.4 Å². The monoisotopic (exact) mass is 1180 g/mol. The minimum absolute atomic E-state index is 0.0102. The minimum Gasteiger partial charge on any atom is -0.506 e. The van der Waals surface area contributed by atoms with E-state index in [0.29, 0.717) is 11.7 Å². The van der Waals surface area contributed by atoms with Crippen LogP contribution in [0.3, 0.4) is 0 Å². The third kappa shape index (κ3) is 15.7. The largest absolute Gasteiger partial charge is 0.506 e. The van der Waals surface area contributed by atoms with Gasteiger partial charge in [-0.15, -0.1) is 0 Å². The molecule has 0 aliphatic carbocycles. The molecule has 0 heterocycles. The number of rotatable bonds is 18. The first-order valence-electron chi connectivity index (χ1n) is 24.5. The van der Waals surface area contributed by atoms with Crippen LogP contribution >= 0.6 is 34.8 Å². The number of phenolic OH excluding ortho intramolecular Hbond substituents is 2. The van der Waals surface area contributed by atoms with Crippen molar-refractivity contribution in [1.29, 1.82) is 0 Å². The number of halogens is 3. The predicted octanol–water partition coefficient (Wildman–Crippen LogP) is 12.6. The molecule has 6 N–H and O–H groups in total. The van der Waals surface area contributed by atoms with Crippen molar-refractivity contribution in [2.45, 2.75) is 68.4 Å². The highest BCUT2D eigenvalue weighted by molar-refractivity contribution is 7.93. The number of aromatic hydroxyl groups is 2. The number of sulfone groups is 2. The van der Waals surface area contributed by atoms with Crippen molar-refractivity contribution in [1.82, 2.24) is 0 Å². The normalized spacial score (nSPS) is 11.9. The van der Waals surface area contributed by atoms with Gasteiger partial charge >= 0.3 is 5.97 Å². The maximum atomic E-state index is 13.0. The topological polar surface area (TPSA) is 261 Å². The Bertz CT molecular complexity index is 3710. The van der Waals surface area contributed by atoms with Gasteiger partial charge in [-0.1, -0.05) is 92.0 Å². The van der Waals surface area contributed by atoms with E-state index in [1.54, 1.807) is 57.2 Å². The summed E-state index contributed by atoms with van der Waals surface area (Å²) in [5, 5.41) is 30.3. The van der Waals surface area contributed by atoms with Crippen LogP contribution in [0.4, 0.5) is 22.7 Å². The van der Waals surface area contributed by atoms with Gasteiger partial charge in [0.2, 0.25) is 11.8 Å². The summed E-state index contributed by atoms with van der Waals surface area (Å²) in [5.41, 5.74) is 3.15. The lowest BCUT2D eigenvalue weighted by atomic mass is 9.99. The molecule has 0 spiro atoms. The summed E-state index contributed by atoms with van der Waals surface area (Å²) in [6.45, 7) is 9.27. The van der Waals surface area contributed by atoms with Crippen molar-refractivity contribution < 1.29 is 60.5 Å². The quantitative estimate of drug-likeness (QED) is 0.0345. The summed E-state index contributed by atoms with van der Waals surface area (Å²) in [5.74, 6) is -4.25. The van der Waals surface area contributed by atoms with Crippen LogP contribution in [-0.4, -0.2) is 74.8 Å². The summed E-state index contributed by atoms with van der Waals surface area (Å²) in [6.07, 6.45) is 0.970. The molecular formula is C58H55Cl3N4O13S2. The van der Waals surface area contributed by atoms with Crippen molar-refractivity contribution in [3.05, 3.63) is 188 Å². The Labute approximate surface area is 478 Å². The van der Waals surface area contributed by atoms with Crippen molar-refractivity contribution in [3.63, 3.8) is 0 Å². The Kier molecular flexibility index (Phi) is 20.5. The maximum Gasteiger partial charge on any atom is 0.337 e. The van der Waals surface area contributed by atoms with Crippen molar-refractivity contribution in [2.75, 3.05) is 34.1 Å². The Hall–Kier alpha value is -7.94. The van der Waals surface area contributed by atoms with Crippen LogP contribution in [0.15, 0.2) is 149 Å². The highest BCUT2D eigenvalue weighted by atomic mass is 35.5. The zero-order chi connectivity index (χ0) is 58.6. The molecule has 7 rings (SSSR count). The minimum atomic E-state index is -3.97. The molecule has 17 nitrogen and oxygen atoms in total. The zero-order valence-electron chi connectivity index (χ0n) is 43.9. The van der Waals surface area contributed by atoms with Crippen LogP contribution in [0.1, 0.15) is 87.3 Å². The number of amides is 4. The number of anilines is 4. The van der Waals surface area contributed by atoms with Gasteiger partial charge < -0.3 is 41.0 Å². The number of aryl methyl sites for hydroxylation is 2. The van der Waals surface area contributed by atoms with E-state index in [1.165, 1.54) is 86.0 Å². The lowest BCUT2D eigenvalue weighted by Crippen LogP contribution is -2.34. The number of carbonyl (C=O) groups excluding carboxylic acids is 5. The Balaban J connectivity index is 0.000000266. The summed E-state index contributed by atoms with van der Waals surface area (Å²) in [4.78, 5) is 63.1. The second-order valence-corrected chi connectivity index (χ2v) is 23.5. The number of carbonyl (C=O) groups is 5. The molecule has 0 fully saturated rings. The van der Waals surface area contributed by atoms with Crippen LogP contribution < -0.4 is 26.0 Å². The maximum absolute atomic E-state index is 13.0. The van der Waals surface area contributed by atoms with Gasteiger partial charge in [-0.25, -0.2) is 21.6 Å². The third-order valence-electron chi connectivity index (χ3n) is 12.3. The zero-order valence-corrected chi connectivity index (χ0v) is 47.8. The summed E-state index contributed by atoms with van der Waals surface area (Å²) >= 11 is 18.1. The summed E-state index contributed by atoms with van der Waals surface area (Å²) in [6, 6.07) is 34.7. The van der Waals surface area contributed by atoms with Crippen LogP contribution in [-0.2, 0) is 34.0 Å². The van der Waals surface area contributed by atoms with E-state index in [2.05, 4.69) is 39.9 Å². The molecule has 0 aliphatic rings. The molecule has 0 bridgehead atoms. The second-order valence-electron chi connectivity index (χ2n) is 18.2. The van der Waals surface area contributed by atoms with Gasteiger partial charge in [0.1, 0.15) is 28.3 Å². The number of ether oxygens (including phenoxy) is 2. The van der Waals surface area contributed by atoms with Gasteiger partial charge in [-0.3, -0.25) is 19.2 Å².